The Morgan fingerprint density at radius 1 is 1.07 bits per heavy atom. The molecule has 1 aliphatic heterocycles. The van der Waals surface area contributed by atoms with Crippen molar-refractivity contribution in [2.24, 2.45) is 5.92 Å². The highest BCUT2D eigenvalue weighted by Gasteiger charge is 2.12. The lowest BCUT2D eigenvalue weighted by molar-refractivity contribution is 0.0186. The number of piperidine rings is 1. The second-order valence-electron chi connectivity index (χ2n) is 3.60. The quantitative estimate of drug-likeness (QED) is 0.572. The van der Waals surface area contributed by atoms with Gasteiger partial charge in [-0.2, -0.15) is 0 Å². The minimum Gasteiger partial charge on any atom is -0.394 e. The van der Waals surface area contributed by atoms with Gasteiger partial charge in [0.05, 0.1) is 26.4 Å². The lowest BCUT2D eigenvalue weighted by Gasteiger charge is -2.22. The summed E-state index contributed by atoms with van der Waals surface area (Å²) < 4.78 is 10.6. The van der Waals surface area contributed by atoms with E-state index in [1.54, 1.807) is 0 Å². The third-order valence-corrected chi connectivity index (χ3v) is 2.42. The molecule has 1 saturated heterocycles. The van der Waals surface area contributed by atoms with Crippen LogP contribution in [0, 0.1) is 5.92 Å². The maximum atomic E-state index is 8.45. The van der Waals surface area contributed by atoms with Gasteiger partial charge in [-0.15, -0.1) is 0 Å². The van der Waals surface area contributed by atoms with Crippen LogP contribution in [0.5, 0.6) is 0 Å². The first kappa shape index (κ1) is 11.9. The molecule has 0 aromatic heterocycles. The summed E-state index contributed by atoms with van der Waals surface area (Å²) in [5, 5.41) is 11.8. The van der Waals surface area contributed by atoms with Gasteiger partial charge in [-0.05, 0) is 31.8 Å². The van der Waals surface area contributed by atoms with Gasteiger partial charge in [0.25, 0.3) is 0 Å². The number of aliphatic hydroxyl groups is 1. The van der Waals surface area contributed by atoms with Gasteiger partial charge in [-0.3, -0.25) is 0 Å². The summed E-state index contributed by atoms with van der Waals surface area (Å²) in [7, 11) is 0. The Balaban J connectivity index is 1.82. The van der Waals surface area contributed by atoms with Crippen LogP contribution >= 0.6 is 0 Å². The average Bonchev–Trinajstić information content (AvgIpc) is 2.25. The first-order chi connectivity index (χ1) is 6.93. The fourth-order valence-electron chi connectivity index (χ4n) is 1.58. The monoisotopic (exact) mass is 203 g/mol. The highest BCUT2D eigenvalue weighted by molar-refractivity contribution is 4.67. The smallest absolute Gasteiger partial charge is 0.0701 e. The average molecular weight is 203 g/mol. The summed E-state index contributed by atoms with van der Waals surface area (Å²) >= 11 is 0. The molecule has 1 fully saturated rings. The molecular weight excluding hydrogens is 182 g/mol. The molecule has 0 amide bonds. The van der Waals surface area contributed by atoms with Crippen LogP contribution in [-0.2, 0) is 9.47 Å². The van der Waals surface area contributed by atoms with Gasteiger partial charge < -0.3 is 19.9 Å². The Labute approximate surface area is 85.6 Å². The van der Waals surface area contributed by atoms with Crippen LogP contribution in [0.15, 0.2) is 0 Å². The molecule has 0 unspecified atom stereocenters. The molecule has 4 heteroatoms. The number of hydrogen-bond donors (Lipinski definition) is 2. The first-order valence-corrected chi connectivity index (χ1v) is 5.40. The van der Waals surface area contributed by atoms with Gasteiger partial charge in [-0.25, -0.2) is 0 Å². The number of hydrogen-bond acceptors (Lipinski definition) is 4. The van der Waals surface area contributed by atoms with Crippen molar-refractivity contribution in [2.45, 2.75) is 12.8 Å². The molecule has 2 N–H and O–H groups in total. The van der Waals surface area contributed by atoms with E-state index in [1.807, 2.05) is 0 Å². The molecule has 0 spiro atoms. The Kier molecular flexibility index (Phi) is 6.95. The van der Waals surface area contributed by atoms with Crippen LogP contribution in [0.3, 0.4) is 0 Å². The number of nitrogens with one attached hydrogen (secondary N) is 1. The van der Waals surface area contributed by atoms with E-state index in [-0.39, 0.29) is 6.61 Å². The van der Waals surface area contributed by atoms with Crippen LogP contribution in [0.25, 0.3) is 0 Å². The summed E-state index contributed by atoms with van der Waals surface area (Å²) in [6, 6.07) is 0. The number of aliphatic hydroxyl groups excluding tert-OH is 1. The highest BCUT2D eigenvalue weighted by Crippen LogP contribution is 2.11. The van der Waals surface area contributed by atoms with E-state index in [9.17, 15) is 0 Å². The van der Waals surface area contributed by atoms with E-state index in [4.69, 9.17) is 14.6 Å². The third kappa shape index (κ3) is 5.54. The van der Waals surface area contributed by atoms with Crippen molar-refractivity contribution >= 4 is 0 Å². The molecule has 84 valence electrons. The Morgan fingerprint density at radius 3 is 2.50 bits per heavy atom. The minimum absolute atomic E-state index is 0.0916. The van der Waals surface area contributed by atoms with Crippen LogP contribution < -0.4 is 5.32 Å². The SMILES string of the molecule is OCCOCCOCC1CCNCC1. The fraction of sp³-hybridized carbons (Fsp3) is 1.00. The number of ether oxygens (including phenoxy) is 2. The highest BCUT2D eigenvalue weighted by atomic mass is 16.5. The van der Waals surface area contributed by atoms with Crippen LogP contribution in [0.4, 0.5) is 0 Å². The van der Waals surface area contributed by atoms with Gasteiger partial charge in [0.1, 0.15) is 0 Å². The Morgan fingerprint density at radius 2 is 1.79 bits per heavy atom. The summed E-state index contributed by atoms with van der Waals surface area (Å²) in [4.78, 5) is 0. The van der Waals surface area contributed by atoms with Crippen molar-refractivity contribution in [3.63, 3.8) is 0 Å². The van der Waals surface area contributed by atoms with Crippen molar-refractivity contribution in [3.8, 4) is 0 Å². The summed E-state index contributed by atoms with van der Waals surface area (Å²) in [6.45, 7) is 4.83. The Bertz CT molecular complexity index is 127. The molecule has 0 aliphatic carbocycles. The van der Waals surface area contributed by atoms with E-state index in [2.05, 4.69) is 5.32 Å². The largest absolute Gasteiger partial charge is 0.394 e. The zero-order chi connectivity index (χ0) is 10.1. The van der Waals surface area contributed by atoms with Crippen molar-refractivity contribution < 1.29 is 14.6 Å². The first-order valence-electron chi connectivity index (χ1n) is 5.40. The molecule has 0 bridgehead atoms. The molecule has 1 rings (SSSR count). The molecule has 1 heterocycles. The molecule has 0 aromatic carbocycles. The van der Waals surface area contributed by atoms with E-state index in [1.165, 1.54) is 12.8 Å². The molecule has 0 atom stereocenters. The van der Waals surface area contributed by atoms with Crippen LogP contribution in [0.2, 0.25) is 0 Å². The molecule has 1 aliphatic rings. The minimum atomic E-state index is 0.0916. The maximum absolute atomic E-state index is 8.45. The summed E-state index contributed by atoms with van der Waals surface area (Å²) in [6.07, 6.45) is 2.44. The van der Waals surface area contributed by atoms with Gasteiger partial charge in [-0.1, -0.05) is 0 Å². The molecule has 0 aromatic rings. The third-order valence-electron chi connectivity index (χ3n) is 2.42. The van der Waals surface area contributed by atoms with Gasteiger partial charge in [0, 0.05) is 6.61 Å². The van der Waals surface area contributed by atoms with Crippen molar-refractivity contribution in [2.75, 3.05) is 46.1 Å². The molecular formula is C10H21NO3. The molecule has 4 nitrogen and oxygen atoms in total. The fourth-order valence-corrected chi connectivity index (χ4v) is 1.58. The van der Waals surface area contributed by atoms with Crippen molar-refractivity contribution in [1.29, 1.82) is 0 Å². The second-order valence-corrected chi connectivity index (χ2v) is 3.60. The maximum Gasteiger partial charge on any atom is 0.0701 e. The Hall–Kier alpha value is -0.160. The lowest BCUT2D eigenvalue weighted by atomic mass is 9.99. The zero-order valence-electron chi connectivity index (χ0n) is 8.71. The topological polar surface area (TPSA) is 50.7 Å². The summed E-state index contributed by atoms with van der Waals surface area (Å²) in [5.41, 5.74) is 0. The summed E-state index contributed by atoms with van der Waals surface area (Å²) in [5.74, 6) is 0.717. The standard InChI is InChI=1S/C10H21NO3/c12-5-6-13-7-8-14-9-10-1-3-11-4-2-10/h10-12H,1-9H2. The van der Waals surface area contributed by atoms with E-state index in [0.717, 1.165) is 19.7 Å². The van der Waals surface area contributed by atoms with Crippen molar-refractivity contribution in [3.05, 3.63) is 0 Å². The predicted octanol–water partition coefficient (Wildman–Crippen LogP) is 0.0115. The molecule has 0 saturated carbocycles. The molecule has 14 heavy (non-hydrogen) atoms. The van der Waals surface area contributed by atoms with E-state index in [0.29, 0.717) is 25.7 Å². The normalized spacial score (nSPS) is 18.6. The van der Waals surface area contributed by atoms with Gasteiger partial charge in [0.15, 0.2) is 0 Å². The van der Waals surface area contributed by atoms with Gasteiger partial charge >= 0.3 is 0 Å². The second kappa shape index (κ2) is 8.17. The number of rotatable bonds is 7. The van der Waals surface area contributed by atoms with Crippen LogP contribution in [0.1, 0.15) is 12.8 Å². The molecule has 0 radical (unpaired) electrons. The zero-order valence-corrected chi connectivity index (χ0v) is 8.71. The predicted molar refractivity (Wildman–Crippen MR) is 54.3 cm³/mol. The van der Waals surface area contributed by atoms with E-state index >= 15 is 0 Å². The van der Waals surface area contributed by atoms with Crippen molar-refractivity contribution in [1.82, 2.24) is 5.32 Å². The lowest BCUT2D eigenvalue weighted by Crippen LogP contribution is -2.30. The van der Waals surface area contributed by atoms with E-state index < -0.39 is 0 Å². The van der Waals surface area contributed by atoms with Gasteiger partial charge in [0.2, 0.25) is 0 Å². The van der Waals surface area contributed by atoms with Crippen LogP contribution in [-0.4, -0.2) is 51.2 Å².